The Bertz CT molecular complexity index is 431. The van der Waals surface area contributed by atoms with Crippen LogP contribution in [-0.4, -0.2) is 23.4 Å². The van der Waals surface area contributed by atoms with Crippen molar-refractivity contribution in [2.75, 3.05) is 6.54 Å². The van der Waals surface area contributed by atoms with Crippen molar-refractivity contribution in [2.45, 2.75) is 32.5 Å². The number of carbonyl (C=O) groups is 1. The molecule has 1 aliphatic heterocycles. The number of rotatable bonds is 3. The van der Waals surface area contributed by atoms with Gasteiger partial charge in [0.2, 0.25) is 5.91 Å². The summed E-state index contributed by atoms with van der Waals surface area (Å²) in [6, 6.07) is 6.13. The molecule has 1 aromatic rings. The normalized spacial score (nSPS) is 17.5. The van der Waals surface area contributed by atoms with Crippen LogP contribution >= 0.6 is 0 Å². The molecule has 4 nitrogen and oxygen atoms in total. The molecule has 0 aliphatic carbocycles. The van der Waals surface area contributed by atoms with Crippen LogP contribution in [0.1, 0.15) is 23.6 Å². The van der Waals surface area contributed by atoms with E-state index in [1.165, 1.54) is 16.7 Å². The van der Waals surface area contributed by atoms with Gasteiger partial charge in [-0.2, -0.15) is 0 Å². The summed E-state index contributed by atoms with van der Waals surface area (Å²) in [6.45, 7) is 4.12. The molecule has 0 fully saturated rings. The summed E-state index contributed by atoms with van der Waals surface area (Å²) in [5.41, 5.74) is 14.8. The van der Waals surface area contributed by atoms with Gasteiger partial charge < -0.3 is 11.5 Å². The van der Waals surface area contributed by atoms with Gasteiger partial charge in [-0.25, -0.2) is 0 Å². The van der Waals surface area contributed by atoms with Gasteiger partial charge >= 0.3 is 0 Å². The van der Waals surface area contributed by atoms with Crippen LogP contribution in [0.2, 0.25) is 0 Å². The Morgan fingerprint density at radius 3 is 2.88 bits per heavy atom. The molecule has 1 heterocycles. The predicted molar refractivity (Wildman–Crippen MR) is 67.1 cm³/mol. The quantitative estimate of drug-likeness (QED) is 0.792. The van der Waals surface area contributed by atoms with E-state index in [0.717, 1.165) is 19.5 Å². The standard InChI is InChI=1S/C13H19N3O/c1-9(13(15)17)16-5-4-11-6-10(7-14)2-3-12(11)8-16/h2-3,6,9H,4-5,7-8,14H2,1H3,(H2,15,17). The number of nitrogens with two attached hydrogens (primary N) is 2. The Kier molecular flexibility index (Phi) is 3.45. The summed E-state index contributed by atoms with van der Waals surface area (Å²) in [5.74, 6) is -0.257. The number of carbonyl (C=O) groups excluding carboxylic acids is 1. The van der Waals surface area contributed by atoms with Crippen molar-refractivity contribution in [1.82, 2.24) is 4.90 Å². The maximum Gasteiger partial charge on any atom is 0.234 e. The molecule has 1 unspecified atom stereocenters. The average molecular weight is 233 g/mol. The van der Waals surface area contributed by atoms with E-state index in [1.807, 2.05) is 6.92 Å². The number of amides is 1. The van der Waals surface area contributed by atoms with Gasteiger partial charge in [-0.05, 0) is 30.0 Å². The Morgan fingerprint density at radius 1 is 1.47 bits per heavy atom. The highest BCUT2D eigenvalue weighted by Crippen LogP contribution is 2.21. The first-order chi connectivity index (χ1) is 8.11. The fourth-order valence-electron chi connectivity index (χ4n) is 2.27. The zero-order valence-corrected chi connectivity index (χ0v) is 10.1. The van der Waals surface area contributed by atoms with Crippen LogP contribution < -0.4 is 11.5 Å². The predicted octanol–water partition coefficient (Wildman–Crippen LogP) is 0.377. The second kappa shape index (κ2) is 4.85. The Hall–Kier alpha value is -1.39. The van der Waals surface area contributed by atoms with Gasteiger partial charge in [-0.1, -0.05) is 18.2 Å². The second-order valence-electron chi connectivity index (χ2n) is 4.61. The summed E-state index contributed by atoms with van der Waals surface area (Å²) in [6.07, 6.45) is 0.959. The SMILES string of the molecule is CC(C(N)=O)N1CCc2cc(CN)ccc2C1. The molecule has 1 aliphatic rings. The molecule has 0 saturated carbocycles. The van der Waals surface area contributed by atoms with E-state index < -0.39 is 0 Å². The van der Waals surface area contributed by atoms with E-state index in [1.54, 1.807) is 0 Å². The molecule has 92 valence electrons. The minimum absolute atomic E-state index is 0.197. The van der Waals surface area contributed by atoms with Crippen molar-refractivity contribution in [1.29, 1.82) is 0 Å². The summed E-state index contributed by atoms with van der Waals surface area (Å²) in [5, 5.41) is 0. The number of hydrogen-bond acceptors (Lipinski definition) is 3. The van der Waals surface area contributed by atoms with Gasteiger partial charge in [0, 0.05) is 19.6 Å². The Morgan fingerprint density at radius 2 is 2.24 bits per heavy atom. The van der Waals surface area contributed by atoms with E-state index in [-0.39, 0.29) is 11.9 Å². The molecule has 0 radical (unpaired) electrons. The highest BCUT2D eigenvalue weighted by molar-refractivity contribution is 5.79. The van der Waals surface area contributed by atoms with Crippen LogP contribution in [0, 0.1) is 0 Å². The first kappa shape index (κ1) is 12.1. The van der Waals surface area contributed by atoms with E-state index in [2.05, 4.69) is 23.1 Å². The fraction of sp³-hybridized carbons (Fsp3) is 0.462. The minimum Gasteiger partial charge on any atom is -0.368 e. The third-order valence-corrected chi connectivity index (χ3v) is 3.51. The van der Waals surface area contributed by atoms with E-state index in [9.17, 15) is 4.79 Å². The molecule has 17 heavy (non-hydrogen) atoms. The van der Waals surface area contributed by atoms with Crippen LogP contribution in [0.25, 0.3) is 0 Å². The first-order valence-electron chi connectivity index (χ1n) is 5.96. The maximum atomic E-state index is 11.2. The van der Waals surface area contributed by atoms with Crippen LogP contribution in [-0.2, 0) is 24.3 Å². The number of fused-ring (bicyclic) bond motifs is 1. The summed E-state index contributed by atoms with van der Waals surface area (Å²) in [4.78, 5) is 13.3. The van der Waals surface area contributed by atoms with Gasteiger partial charge in [-0.3, -0.25) is 9.69 Å². The zero-order chi connectivity index (χ0) is 12.4. The maximum absolute atomic E-state index is 11.2. The molecule has 2 rings (SSSR count). The van der Waals surface area contributed by atoms with Crippen LogP contribution in [0.15, 0.2) is 18.2 Å². The van der Waals surface area contributed by atoms with E-state index in [4.69, 9.17) is 11.5 Å². The molecule has 1 atom stereocenters. The molecular formula is C13H19N3O. The lowest BCUT2D eigenvalue weighted by Crippen LogP contribution is -2.45. The summed E-state index contributed by atoms with van der Waals surface area (Å²) >= 11 is 0. The lowest BCUT2D eigenvalue weighted by Gasteiger charge is -2.32. The van der Waals surface area contributed by atoms with Crippen LogP contribution in [0.3, 0.4) is 0 Å². The lowest BCUT2D eigenvalue weighted by atomic mass is 9.96. The lowest BCUT2D eigenvalue weighted by molar-refractivity contribution is -0.123. The molecule has 0 saturated heterocycles. The number of nitrogens with zero attached hydrogens (tertiary/aromatic N) is 1. The molecule has 4 N–H and O–H groups in total. The molecular weight excluding hydrogens is 214 g/mol. The number of benzene rings is 1. The third kappa shape index (κ3) is 2.48. The second-order valence-corrected chi connectivity index (χ2v) is 4.61. The number of hydrogen-bond donors (Lipinski definition) is 2. The molecule has 1 aromatic carbocycles. The van der Waals surface area contributed by atoms with Crippen LogP contribution in [0.5, 0.6) is 0 Å². The van der Waals surface area contributed by atoms with Crippen molar-refractivity contribution in [2.24, 2.45) is 11.5 Å². The van der Waals surface area contributed by atoms with Crippen molar-refractivity contribution in [3.05, 3.63) is 34.9 Å². The summed E-state index contributed by atoms with van der Waals surface area (Å²) < 4.78 is 0. The minimum atomic E-state index is -0.257. The van der Waals surface area contributed by atoms with Gasteiger partial charge in [0.1, 0.15) is 0 Å². The van der Waals surface area contributed by atoms with Crippen molar-refractivity contribution < 1.29 is 4.79 Å². The Balaban J connectivity index is 2.17. The van der Waals surface area contributed by atoms with Gasteiger partial charge in [0.05, 0.1) is 6.04 Å². The largest absolute Gasteiger partial charge is 0.368 e. The highest BCUT2D eigenvalue weighted by atomic mass is 16.1. The third-order valence-electron chi connectivity index (χ3n) is 3.51. The summed E-state index contributed by atoms with van der Waals surface area (Å²) in [7, 11) is 0. The molecule has 0 bridgehead atoms. The number of primary amides is 1. The molecule has 0 spiro atoms. The topological polar surface area (TPSA) is 72.4 Å². The van der Waals surface area contributed by atoms with Crippen molar-refractivity contribution in [3.8, 4) is 0 Å². The van der Waals surface area contributed by atoms with Gasteiger partial charge in [-0.15, -0.1) is 0 Å². The van der Waals surface area contributed by atoms with Crippen molar-refractivity contribution in [3.63, 3.8) is 0 Å². The molecule has 1 amide bonds. The highest BCUT2D eigenvalue weighted by Gasteiger charge is 2.23. The van der Waals surface area contributed by atoms with Crippen molar-refractivity contribution >= 4 is 5.91 Å². The average Bonchev–Trinajstić information content (AvgIpc) is 2.36. The monoisotopic (exact) mass is 233 g/mol. The zero-order valence-electron chi connectivity index (χ0n) is 10.1. The van der Waals surface area contributed by atoms with Crippen LogP contribution in [0.4, 0.5) is 0 Å². The van der Waals surface area contributed by atoms with E-state index >= 15 is 0 Å². The molecule has 4 heteroatoms. The Labute approximate surface area is 102 Å². The van der Waals surface area contributed by atoms with Gasteiger partial charge in [0.25, 0.3) is 0 Å². The van der Waals surface area contributed by atoms with E-state index in [0.29, 0.717) is 6.54 Å². The van der Waals surface area contributed by atoms with Gasteiger partial charge in [0.15, 0.2) is 0 Å². The molecule has 0 aromatic heterocycles. The smallest absolute Gasteiger partial charge is 0.234 e. The fourth-order valence-corrected chi connectivity index (χ4v) is 2.27. The first-order valence-corrected chi connectivity index (χ1v) is 5.96.